The van der Waals surface area contributed by atoms with Gasteiger partial charge in [-0.1, -0.05) is 29.8 Å². The van der Waals surface area contributed by atoms with Crippen LogP contribution < -0.4 is 15.2 Å². The molecular weight excluding hydrogens is 366 g/mol. The molecule has 1 aliphatic rings. The summed E-state index contributed by atoms with van der Waals surface area (Å²) in [6.45, 7) is 3.64. The van der Waals surface area contributed by atoms with Crippen LogP contribution in [0.15, 0.2) is 36.4 Å². The zero-order chi connectivity index (χ0) is 19.4. The van der Waals surface area contributed by atoms with Crippen molar-refractivity contribution in [1.29, 1.82) is 0 Å². The van der Waals surface area contributed by atoms with Crippen LogP contribution in [-0.4, -0.2) is 56.1 Å². The van der Waals surface area contributed by atoms with Gasteiger partial charge in [-0.25, -0.2) is 0 Å². The van der Waals surface area contributed by atoms with E-state index in [2.05, 4.69) is 11.0 Å². The second-order valence-electron chi connectivity index (χ2n) is 6.45. The van der Waals surface area contributed by atoms with Gasteiger partial charge in [0.05, 0.1) is 30.5 Å². The summed E-state index contributed by atoms with van der Waals surface area (Å²) in [6.07, 6.45) is 0. The topological polar surface area (TPSA) is 68.0 Å². The Labute approximate surface area is 164 Å². The van der Waals surface area contributed by atoms with Gasteiger partial charge in [0.15, 0.2) is 0 Å². The minimum Gasteiger partial charge on any atom is -0.496 e. The molecule has 0 aliphatic carbocycles. The third-order valence-electron chi connectivity index (χ3n) is 4.80. The molecule has 0 radical (unpaired) electrons. The van der Waals surface area contributed by atoms with Crippen molar-refractivity contribution in [2.75, 3.05) is 46.1 Å². The lowest BCUT2D eigenvalue weighted by atomic mass is 10.1. The molecule has 27 heavy (non-hydrogen) atoms. The van der Waals surface area contributed by atoms with Crippen molar-refractivity contribution >= 4 is 23.2 Å². The van der Waals surface area contributed by atoms with Gasteiger partial charge < -0.3 is 20.1 Å². The third kappa shape index (κ3) is 4.28. The van der Waals surface area contributed by atoms with Crippen molar-refractivity contribution in [2.24, 2.45) is 0 Å². The molecule has 0 spiro atoms. The molecular formula is C20H24ClN3O3. The normalized spacial score (nSPS) is 14.9. The number of rotatable bonds is 5. The monoisotopic (exact) mass is 389 g/mol. The molecule has 1 saturated heterocycles. The average Bonchev–Trinajstić information content (AvgIpc) is 2.70. The molecule has 0 unspecified atom stereocenters. The van der Waals surface area contributed by atoms with Crippen LogP contribution in [0, 0.1) is 0 Å². The van der Waals surface area contributed by atoms with Crippen LogP contribution >= 0.6 is 11.6 Å². The lowest BCUT2D eigenvalue weighted by Gasteiger charge is -2.35. The summed E-state index contributed by atoms with van der Waals surface area (Å²) in [7, 11) is 3.20. The maximum Gasteiger partial charge on any atom is 0.257 e. The van der Waals surface area contributed by atoms with Crippen LogP contribution in [0.1, 0.15) is 15.9 Å². The summed E-state index contributed by atoms with van der Waals surface area (Å²) in [5.74, 6) is 1.24. The number of nitrogen functional groups attached to an aromatic ring is 1. The molecule has 7 heteroatoms. The quantitative estimate of drug-likeness (QED) is 0.796. The summed E-state index contributed by atoms with van der Waals surface area (Å²) in [5, 5.41) is 0.356. The number of piperazine rings is 1. The summed E-state index contributed by atoms with van der Waals surface area (Å²) in [5.41, 5.74) is 7.79. The van der Waals surface area contributed by atoms with E-state index in [9.17, 15) is 4.79 Å². The fraction of sp³-hybridized carbons (Fsp3) is 0.350. The first-order valence-corrected chi connectivity index (χ1v) is 9.17. The van der Waals surface area contributed by atoms with E-state index in [1.165, 1.54) is 7.11 Å². The van der Waals surface area contributed by atoms with Gasteiger partial charge in [0, 0.05) is 44.4 Å². The summed E-state index contributed by atoms with van der Waals surface area (Å²) in [6, 6.07) is 11.2. The molecule has 0 atom stereocenters. The van der Waals surface area contributed by atoms with Crippen molar-refractivity contribution in [3.63, 3.8) is 0 Å². The SMILES string of the molecule is COc1ccccc1CN1CCN(C(=O)c2cc(Cl)c(N)cc2OC)CC1. The van der Waals surface area contributed by atoms with Crippen LogP contribution in [0.5, 0.6) is 11.5 Å². The highest BCUT2D eigenvalue weighted by Gasteiger charge is 2.25. The van der Waals surface area contributed by atoms with E-state index in [-0.39, 0.29) is 5.91 Å². The molecule has 3 rings (SSSR count). The molecule has 1 aliphatic heterocycles. The van der Waals surface area contributed by atoms with Gasteiger partial charge in [0.2, 0.25) is 0 Å². The molecule has 6 nitrogen and oxygen atoms in total. The molecule has 1 heterocycles. The molecule has 0 saturated carbocycles. The highest BCUT2D eigenvalue weighted by molar-refractivity contribution is 6.33. The average molecular weight is 390 g/mol. The van der Waals surface area contributed by atoms with Gasteiger partial charge in [-0.2, -0.15) is 0 Å². The van der Waals surface area contributed by atoms with E-state index in [0.29, 0.717) is 35.1 Å². The molecule has 2 N–H and O–H groups in total. The number of amides is 1. The predicted octanol–water partition coefficient (Wildman–Crippen LogP) is 2.90. The Balaban J connectivity index is 1.65. The zero-order valence-corrected chi connectivity index (χ0v) is 16.3. The molecule has 144 valence electrons. The Morgan fingerprint density at radius 1 is 1.07 bits per heavy atom. The van der Waals surface area contributed by atoms with Gasteiger partial charge in [-0.15, -0.1) is 0 Å². The van der Waals surface area contributed by atoms with E-state index in [0.717, 1.165) is 30.9 Å². The van der Waals surface area contributed by atoms with Crippen LogP contribution in [-0.2, 0) is 6.54 Å². The van der Waals surface area contributed by atoms with E-state index in [4.69, 9.17) is 26.8 Å². The largest absolute Gasteiger partial charge is 0.496 e. The van der Waals surface area contributed by atoms with Crippen molar-refractivity contribution in [3.05, 3.63) is 52.5 Å². The van der Waals surface area contributed by atoms with E-state index >= 15 is 0 Å². The number of benzene rings is 2. The standard InChI is InChI=1S/C20H24ClN3O3/c1-26-18-6-4-3-5-14(18)13-23-7-9-24(10-8-23)20(25)15-11-16(21)17(22)12-19(15)27-2/h3-6,11-12H,7-10,13,22H2,1-2H3. The number of nitrogens with zero attached hydrogens (tertiary/aromatic N) is 2. The Hall–Kier alpha value is -2.44. The minimum absolute atomic E-state index is 0.0920. The highest BCUT2D eigenvalue weighted by Crippen LogP contribution is 2.30. The first-order chi connectivity index (χ1) is 13.0. The number of halogens is 1. The fourth-order valence-corrected chi connectivity index (χ4v) is 3.42. The van der Waals surface area contributed by atoms with E-state index in [1.54, 1.807) is 19.2 Å². The Morgan fingerprint density at radius 2 is 1.74 bits per heavy atom. The Kier molecular flexibility index (Phi) is 6.08. The van der Waals surface area contributed by atoms with Crippen molar-refractivity contribution in [3.8, 4) is 11.5 Å². The van der Waals surface area contributed by atoms with Gasteiger partial charge >= 0.3 is 0 Å². The lowest BCUT2D eigenvalue weighted by molar-refractivity contribution is 0.0624. The number of carbonyl (C=O) groups excluding carboxylic acids is 1. The number of methoxy groups -OCH3 is 2. The Morgan fingerprint density at radius 3 is 2.41 bits per heavy atom. The Bertz CT molecular complexity index is 820. The molecule has 2 aromatic carbocycles. The van der Waals surface area contributed by atoms with E-state index < -0.39 is 0 Å². The molecule has 1 amide bonds. The van der Waals surface area contributed by atoms with Crippen molar-refractivity contribution in [1.82, 2.24) is 9.80 Å². The number of carbonyl (C=O) groups is 1. The first kappa shape index (κ1) is 19.3. The number of nitrogens with two attached hydrogens (primary N) is 1. The summed E-state index contributed by atoms with van der Waals surface area (Å²) >= 11 is 6.10. The number of hydrogen-bond acceptors (Lipinski definition) is 5. The third-order valence-corrected chi connectivity index (χ3v) is 5.12. The second kappa shape index (κ2) is 8.50. The lowest BCUT2D eigenvalue weighted by Crippen LogP contribution is -2.48. The van der Waals surface area contributed by atoms with Crippen LogP contribution in [0.3, 0.4) is 0 Å². The number of hydrogen-bond donors (Lipinski definition) is 1. The maximum atomic E-state index is 12.9. The van der Waals surface area contributed by atoms with Gasteiger partial charge in [-0.3, -0.25) is 9.69 Å². The molecule has 2 aromatic rings. The zero-order valence-electron chi connectivity index (χ0n) is 15.6. The van der Waals surface area contributed by atoms with Gasteiger partial charge in [-0.05, 0) is 12.1 Å². The molecule has 0 aromatic heterocycles. The number of anilines is 1. The van der Waals surface area contributed by atoms with Crippen molar-refractivity contribution < 1.29 is 14.3 Å². The van der Waals surface area contributed by atoms with Crippen LogP contribution in [0.4, 0.5) is 5.69 Å². The smallest absolute Gasteiger partial charge is 0.257 e. The number of para-hydroxylation sites is 1. The van der Waals surface area contributed by atoms with Crippen LogP contribution in [0.25, 0.3) is 0 Å². The summed E-state index contributed by atoms with van der Waals surface area (Å²) in [4.78, 5) is 17.1. The second-order valence-corrected chi connectivity index (χ2v) is 6.86. The predicted molar refractivity (Wildman–Crippen MR) is 107 cm³/mol. The van der Waals surface area contributed by atoms with Crippen LogP contribution in [0.2, 0.25) is 5.02 Å². The van der Waals surface area contributed by atoms with Gasteiger partial charge in [0.25, 0.3) is 5.91 Å². The summed E-state index contributed by atoms with van der Waals surface area (Å²) < 4.78 is 10.7. The fourth-order valence-electron chi connectivity index (χ4n) is 3.26. The first-order valence-electron chi connectivity index (χ1n) is 8.80. The van der Waals surface area contributed by atoms with E-state index in [1.807, 2.05) is 23.1 Å². The molecule has 0 bridgehead atoms. The maximum absolute atomic E-state index is 12.9. The molecule has 1 fully saturated rings. The number of ether oxygens (including phenoxy) is 2. The highest BCUT2D eigenvalue weighted by atomic mass is 35.5. The van der Waals surface area contributed by atoms with Gasteiger partial charge in [0.1, 0.15) is 11.5 Å². The van der Waals surface area contributed by atoms with Crippen molar-refractivity contribution in [2.45, 2.75) is 6.54 Å². The minimum atomic E-state index is -0.0920.